The fourth-order valence-corrected chi connectivity index (χ4v) is 12.9. The van der Waals surface area contributed by atoms with Crippen molar-refractivity contribution in [2.75, 3.05) is 21.3 Å². The Balaban J connectivity index is 1.42. The van der Waals surface area contributed by atoms with Gasteiger partial charge >= 0.3 is 5.97 Å². The van der Waals surface area contributed by atoms with E-state index in [0.717, 1.165) is 68.9 Å². The molecule has 9 atom stereocenters. The molecule has 5 aliphatic rings. The first kappa shape index (κ1) is 32.4. The van der Waals surface area contributed by atoms with Crippen molar-refractivity contribution < 1.29 is 23.8 Å². The zero-order valence-corrected chi connectivity index (χ0v) is 29.3. The van der Waals surface area contributed by atoms with E-state index in [9.17, 15) is 9.59 Å². The molecule has 5 aliphatic carbocycles. The fraction of sp³-hybridized carbons (Fsp3) is 0.700. The minimum atomic E-state index is -0.451. The zero-order valence-electron chi connectivity index (χ0n) is 29.3. The van der Waals surface area contributed by atoms with Gasteiger partial charge in [0.05, 0.1) is 26.7 Å². The first-order valence-corrected chi connectivity index (χ1v) is 17.4. The number of hydrogen-bond acceptors (Lipinski definition) is 5. The van der Waals surface area contributed by atoms with E-state index in [1.165, 1.54) is 5.57 Å². The molecule has 5 fully saturated rings. The summed E-state index contributed by atoms with van der Waals surface area (Å²) in [7, 11) is 4.89. The Hall–Kier alpha value is -2.56. The van der Waals surface area contributed by atoms with Crippen LogP contribution in [0.4, 0.5) is 0 Å². The van der Waals surface area contributed by atoms with Crippen molar-refractivity contribution in [3.63, 3.8) is 0 Å². The molecule has 0 amide bonds. The highest BCUT2D eigenvalue weighted by molar-refractivity contribution is 6.04. The first-order chi connectivity index (χ1) is 21.2. The lowest BCUT2D eigenvalue weighted by Crippen LogP contribution is -2.67. The predicted octanol–water partition coefficient (Wildman–Crippen LogP) is 9.10. The van der Waals surface area contributed by atoms with Crippen LogP contribution in [0, 0.1) is 56.7 Å². The Labute approximate surface area is 271 Å². The van der Waals surface area contributed by atoms with Crippen LogP contribution in [0.2, 0.25) is 0 Å². The number of methoxy groups -OCH3 is 3. The number of allylic oxidation sites excluding steroid dienone is 2. The van der Waals surface area contributed by atoms with Gasteiger partial charge in [-0.1, -0.05) is 58.9 Å². The second kappa shape index (κ2) is 10.7. The van der Waals surface area contributed by atoms with E-state index in [4.69, 9.17) is 14.2 Å². The van der Waals surface area contributed by atoms with E-state index in [2.05, 4.69) is 54.2 Å². The van der Waals surface area contributed by atoms with Crippen molar-refractivity contribution in [1.29, 1.82) is 0 Å². The molecule has 0 N–H and O–H groups in total. The van der Waals surface area contributed by atoms with E-state index >= 15 is 0 Å². The Morgan fingerprint density at radius 3 is 2.27 bits per heavy atom. The number of esters is 1. The summed E-state index contributed by atoms with van der Waals surface area (Å²) in [6, 6.07) is 5.89. The van der Waals surface area contributed by atoms with Gasteiger partial charge in [0.25, 0.3) is 0 Å². The largest absolute Gasteiger partial charge is 0.493 e. The highest BCUT2D eigenvalue weighted by Crippen LogP contribution is 2.77. The number of ketones is 1. The number of para-hydroxylation sites is 1. The van der Waals surface area contributed by atoms with E-state index in [1.54, 1.807) is 21.3 Å². The molecule has 5 heteroatoms. The van der Waals surface area contributed by atoms with Crippen molar-refractivity contribution in [2.45, 2.75) is 99.3 Å². The fourth-order valence-electron chi connectivity index (χ4n) is 12.9. The van der Waals surface area contributed by atoms with Gasteiger partial charge in [0.1, 0.15) is 0 Å². The van der Waals surface area contributed by atoms with E-state index in [0.29, 0.717) is 41.1 Å². The Morgan fingerprint density at radius 1 is 0.889 bits per heavy atom. The molecule has 0 heterocycles. The van der Waals surface area contributed by atoms with Crippen LogP contribution in [-0.2, 0) is 14.3 Å². The number of benzene rings is 1. The number of Topliss-reactive ketones (excluding diaryl/α,β-unsaturated/α-hetero) is 1. The van der Waals surface area contributed by atoms with Crippen LogP contribution in [0.25, 0.3) is 6.08 Å². The van der Waals surface area contributed by atoms with E-state index in [-0.39, 0.29) is 33.4 Å². The van der Waals surface area contributed by atoms with Gasteiger partial charge in [-0.25, -0.2) is 0 Å². The molecule has 1 aromatic carbocycles. The highest BCUT2D eigenvalue weighted by atomic mass is 16.5. The maximum Gasteiger partial charge on any atom is 0.312 e. The van der Waals surface area contributed by atoms with Gasteiger partial charge in [-0.15, -0.1) is 0 Å². The number of carbonyl (C=O) groups excluding carboxylic acids is 2. The summed E-state index contributed by atoms with van der Waals surface area (Å²) in [4.78, 5) is 27.9. The number of ether oxygens (including phenoxy) is 3. The summed E-state index contributed by atoms with van der Waals surface area (Å²) in [5.74, 6) is 3.58. The smallest absolute Gasteiger partial charge is 0.312 e. The number of hydrogen-bond donors (Lipinski definition) is 0. The minimum Gasteiger partial charge on any atom is -0.493 e. The van der Waals surface area contributed by atoms with Crippen molar-refractivity contribution in [2.24, 2.45) is 56.7 Å². The minimum absolute atomic E-state index is 0.0107. The van der Waals surface area contributed by atoms with Gasteiger partial charge in [0.15, 0.2) is 17.3 Å². The predicted molar refractivity (Wildman–Crippen MR) is 179 cm³/mol. The molecule has 45 heavy (non-hydrogen) atoms. The highest BCUT2D eigenvalue weighted by Gasteiger charge is 2.72. The zero-order chi connectivity index (χ0) is 32.7. The van der Waals surface area contributed by atoms with Crippen LogP contribution in [0.1, 0.15) is 105 Å². The average molecular weight is 617 g/mol. The second-order valence-corrected chi connectivity index (χ2v) is 16.8. The average Bonchev–Trinajstić information content (AvgIpc) is 3.41. The molecule has 0 bridgehead atoms. The topological polar surface area (TPSA) is 61.8 Å². The number of carbonyl (C=O) groups is 2. The first-order valence-electron chi connectivity index (χ1n) is 17.4. The quantitative estimate of drug-likeness (QED) is 0.188. The SMILES string of the molecule is C=C(C)[C@H]1CC[C@@]2(C(=O)OC)CC[C@]3(C)[C@@H](CC[C@H]4[C@@]5(C)CC(=Cc6cccc(OC)c6OC)C(=O)C(C)(C)[C@H]5CC[C@]43C)[C@@H]12. The molecule has 0 aliphatic heterocycles. The molecule has 1 aromatic rings. The van der Waals surface area contributed by atoms with Gasteiger partial charge in [-0.05, 0) is 128 Å². The maximum atomic E-state index is 14.3. The van der Waals surface area contributed by atoms with Crippen LogP contribution in [-0.4, -0.2) is 33.1 Å². The van der Waals surface area contributed by atoms with Gasteiger partial charge < -0.3 is 14.2 Å². The van der Waals surface area contributed by atoms with Crippen LogP contribution in [0.15, 0.2) is 35.9 Å². The number of rotatable bonds is 5. The molecular weight excluding hydrogens is 560 g/mol. The molecule has 5 nitrogen and oxygen atoms in total. The van der Waals surface area contributed by atoms with Crippen molar-refractivity contribution in [3.05, 3.63) is 41.5 Å². The summed E-state index contributed by atoms with van der Waals surface area (Å²) in [6.45, 7) is 18.7. The molecule has 0 spiro atoms. The summed E-state index contributed by atoms with van der Waals surface area (Å²) >= 11 is 0. The Bertz CT molecular complexity index is 1440. The Kier molecular flexibility index (Phi) is 7.73. The third-order valence-electron chi connectivity index (χ3n) is 15.0. The summed E-state index contributed by atoms with van der Waals surface area (Å²) < 4.78 is 16.9. The molecule has 0 unspecified atom stereocenters. The monoisotopic (exact) mass is 616 g/mol. The van der Waals surface area contributed by atoms with E-state index in [1.807, 2.05) is 18.2 Å². The molecule has 6 rings (SSSR count). The summed E-state index contributed by atoms with van der Waals surface area (Å²) in [5.41, 5.74) is 2.41. The lowest BCUT2D eigenvalue weighted by atomic mass is 9.32. The molecule has 0 aromatic heterocycles. The third-order valence-corrected chi connectivity index (χ3v) is 15.0. The van der Waals surface area contributed by atoms with Crippen molar-refractivity contribution in [3.8, 4) is 11.5 Å². The lowest BCUT2D eigenvalue weighted by Gasteiger charge is -2.72. The van der Waals surface area contributed by atoms with Gasteiger partial charge in [0.2, 0.25) is 0 Å². The summed E-state index contributed by atoms with van der Waals surface area (Å²) in [5, 5.41) is 0. The van der Waals surface area contributed by atoms with E-state index < -0.39 is 5.41 Å². The summed E-state index contributed by atoms with van der Waals surface area (Å²) in [6.07, 6.45) is 11.3. The third kappa shape index (κ3) is 4.23. The lowest BCUT2D eigenvalue weighted by molar-refractivity contribution is -0.232. The normalized spacial score (nSPS) is 42.6. The second-order valence-electron chi connectivity index (χ2n) is 16.8. The standard InChI is InChI=1S/C40H56O5/c1-24(2)27-16-19-40(35(42)45-10)21-20-38(6)28(32(27)40)14-15-31-37(5)23-26(22-25-12-11-13-29(43-8)33(25)44-9)34(41)36(3,4)30(37)17-18-39(31,38)7/h11-13,22,27-28,30-32H,1,14-21,23H2,2-10H3/t27-,28+,30-,31+,32-,37+,38-,39-,40-/m1/s1. The molecule has 0 saturated heterocycles. The van der Waals surface area contributed by atoms with Crippen molar-refractivity contribution in [1.82, 2.24) is 0 Å². The van der Waals surface area contributed by atoms with Crippen molar-refractivity contribution >= 4 is 17.8 Å². The number of fused-ring (bicyclic) bond motifs is 7. The van der Waals surface area contributed by atoms with Gasteiger partial charge in [-0.3, -0.25) is 9.59 Å². The maximum absolute atomic E-state index is 14.3. The van der Waals surface area contributed by atoms with Crippen LogP contribution in [0.3, 0.4) is 0 Å². The van der Waals surface area contributed by atoms with Crippen LogP contribution in [0.5, 0.6) is 11.5 Å². The van der Waals surface area contributed by atoms with Crippen LogP contribution >= 0.6 is 0 Å². The molecular formula is C40H56O5. The van der Waals surface area contributed by atoms with Crippen LogP contribution < -0.4 is 9.47 Å². The van der Waals surface area contributed by atoms with Gasteiger partial charge in [0, 0.05) is 11.0 Å². The molecule has 0 radical (unpaired) electrons. The molecule has 5 saturated carbocycles. The molecule has 246 valence electrons. The Morgan fingerprint density at radius 2 is 1.62 bits per heavy atom. The van der Waals surface area contributed by atoms with Gasteiger partial charge in [-0.2, -0.15) is 0 Å².